The normalized spacial score (nSPS) is 17.9. The fraction of sp³-hybridized carbons (Fsp3) is 0.750. The smallest absolute Gasteiger partial charge is 0.324 e. The van der Waals surface area contributed by atoms with Crippen LogP contribution in [0, 0.1) is 0 Å². The predicted molar refractivity (Wildman–Crippen MR) is 190 cm³/mol. The third-order valence-corrected chi connectivity index (χ3v) is 9.23. The van der Waals surface area contributed by atoms with Crippen molar-refractivity contribution < 1.29 is 33.9 Å². The van der Waals surface area contributed by atoms with Gasteiger partial charge in [0.25, 0.3) is 5.97 Å². The van der Waals surface area contributed by atoms with Crippen LogP contribution in [0.25, 0.3) is 0 Å². The number of aromatic amines is 1. The molecule has 282 valence electrons. The first kappa shape index (κ1) is 42.2. The summed E-state index contributed by atoms with van der Waals surface area (Å²) in [5, 5.41) is 12.8. The number of H-pyrrole nitrogens is 1. The van der Waals surface area contributed by atoms with Gasteiger partial charge in [0.05, 0.1) is 12.7 Å². The molecule has 3 atom stereocenters. The number of nitrogens with two attached hydrogens (primary N) is 1. The van der Waals surface area contributed by atoms with Gasteiger partial charge in [0.1, 0.15) is 18.1 Å². The standard InChI is InChI=1S/C34H57N7O5.C2H4O2/c1-2-3-4-5-6-7-8-9-10-11-12-13-14-15-16-17-20-41-30(42)23-27(39-34(41)46)32(44)38-28(22-26-24-36-25-37-26)33(45)40-21-18-19-29(40)31(35)43;1-2(3)4/h24-25,27-29H,2-23H2,1H3,(H2,35,43)(H,36,37)(H,38,44)(H,39,46);1H3,(H,3,4)/t27-,28-,29-;/m0./s1. The number of hydrogen-bond donors (Lipinski definition) is 5. The van der Waals surface area contributed by atoms with Crippen molar-refractivity contribution in [2.75, 3.05) is 13.1 Å². The van der Waals surface area contributed by atoms with E-state index in [-0.39, 0.29) is 12.8 Å². The van der Waals surface area contributed by atoms with Crippen LogP contribution in [0.4, 0.5) is 4.79 Å². The number of amides is 6. The van der Waals surface area contributed by atoms with Gasteiger partial charge in [0.15, 0.2) is 0 Å². The minimum Gasteiger partial charge on any atom is -0.481 e. The summed E-state index contributed by atoms with van der Waals surface area (Å²) >= 11 is 0. The molecule has 0 aliphatic carbocycles. The Morgan fingerprint density at radius 2 is 1.48 bits per heavy atom. The second-order valence-corrected chi connectivity index (χ2v) is 13.5. The summed E-state index contributed by atoms with van der Waals surface area (Å²) in [5.74, 6) is -2.90. The van der Waals surface area contributed by atoms with Crippen molar-refractivity contribution in [2.24, 2.45) is 5.73 Å². The number of nitrogens with one attached hydrogen (secondary N) is 3. The number of rotatable bonds is 23. The quantitative estimate of drug-likeness (QED) is 0.102. The number of carbonyl (C=O) groups excluding carboxylic acids is 5. The molecule has 0 radical (unpaired) electrons. The Balaban J connectivity index is 0.00000205. The summed E-state index contributed by atoms with van der Waals surface area (Å²) in [4.78, 5) is 82.6. The summed E-state index contributed by atoms with van der Waals surface area (Å²) in [6.45, 7) is 4.02. The minimum atomic E-state index is -1.09. The SMILES string of the molecule is CC(=O)O.CCCCCCCCCCCCCCCCCCN1C(=O)C[C@@H](C(=O)N[C@@H](Cc2cnc[nH]2)C(=O)N2CCC[C@H]2C(N)=O)NC1=O. The maximum atomic E-state index is 13.4. The topological polar surface area (TPSA) is 208 Å². The largest absolute Gasteiger partial charge is 0.481 e. The number of hydrogen-bond acceptors (Lipinski definition) is 7. The highest BCUT2D eigenvalue weighted by atomic mass is 16.4. The van der Waals surface area contributed by atoms with Crippen molar-refractivity contribution >= 4 is 35.6 Å². The van der Waals surface area contributed by atoms with E-state index in [2.05, 4.69) is 27.5 Å². The number of carboxylic acids is 1. The lowest BCUT2D eigenvalue weighted by Crippen LogP contribution is -2.62. The zero-order chi connectivity index (χ0) is 36.7. The summed E-state index contributed by atoms with van der Waals surface area (Å²) < 4.78 is 0. The molecule has 6 amide bonds. The average molecular weight is 704 g/mol. The van der Waals surface area contributed by atoms with E-state index in [0.29, 0.717) is 31.6 Å². The summed E-state index contributed by atoms with van der Waals surface area (Å²) in [6, 6.07) is -3.45. The molecule has 2 aliphatic heterocycles. The highest BCUT2D eigenvalue weighted by Gasteiger charge is 2.40. The number of imidazole rings is 1. The van der Waals surface area contributed by atoms with E-state index in [9.17, 15) is 24.0 Å². The van der Waals surface area contributed by atoms with E-state index in [1.165, 1.54) is 93.2 Å². The van der Waals surface area contributed by atoms with Crippen LogP contribution in [0.2, 0.25) is 0 Å². The van der Waals surface area contributed by atoms with Crippen LogP contribution in [-0.4, -0.2) is 91.7 Å². The van der Waals surface area contributed by atoms with Crippen molar-refractivity contribution in [1.82, 2.24) is 30.4 Å². The molecule has 14 heteroatoms. The Hall–Kier alpha value is -3.97. The lowest BCUT2D eigenvalue weighted by molar-refractivity contribution is -0.141. The monoisotopic (exact) mass is 703 g/mol. The molecular weight excluding hydrogens is 642 g/mol. The zero-order valence-electron chi connectivity index (χ0n) is 30.3. The van der Waals surface area contributed by atoms with Crippen LogP contribution in [0.3, 0.4) is 0 Å². The Morgan fingerprint density at radius 3 is 1.96 bits per heavy atom. The fourth-order valence-corrected chi connectivity index (χ4v) is 6.49. The fourth-order valence-electron chi connectivity index (χ4n) is 6.49. The maximum Gasteiger partial charge on any atom is 0.324 e. The van der Waals surface area contributed by atoms with Crippen LogP contribution >= 0.6 is 0 Å². The number of carbonyl (C=O) groups is 6. The Kier molecular flexibility index (Phi) is 20.4. The third-order valence-electron chi connectivity index (χ3n) is 9.23. The number of primary amides is 1. The number of unbranched alkanes of at least 4 members (excludes halogenated alkanes) is 15. The molecule has 2 saturated heterocycles. The van der Waals surface area contributed by atoms with Gasteiger partial charge in [-0.2, -0.15) is 0 Å². The maximum absolute atomic E-state index is 13.4. The molecular formula is C36H61N7O7. The van der Waals surface area contributed by atoms with E-state index >= 15 is 0 Å². The van der Waals surface area contributed by atoms with Gasteiger partial charge >= 0.3 is 6.03 Å². The summed E-state index contributed by atoms with van der Waals surface area (Å²) in [7, 11) is 0. The predicted octanol–water partition coefficient (Wildman–Crippen LogP) is 4.58. The number of nitrogens with zero attached hydrogens (tertiary/aromatic N) is 3. The summed E-state index contributed by atoms with van der Waals surface area (Å²) in [6.07, 6.45) is 24.0. The van der Waals surface area contributed by atoms with E-state index in [0.717, 1.165) is 32.6 Å². The van der Waals surface area contributed by atoms with Crippen LogP contribution in [0.1, 0.15) is 142 Å². The Morgan fingerprint density at radius 1 is 0.940 bits per heavy atom. The molecule has 0 spiro atoms. The van der Waals surface area contributed by atoms with E-state index in [1.807, 2.05) is 0 Å². The molecule has 6 N–H and O–H groups in total. The molecule has 1 aromatic rings. The number of carboxylic acid groups (broad SMARTS) is 1. The van der Waals surface area contributed by atoms with Gasteiger partial charge in [0.2, 0.25) is 23.6 Å². The van der Waals surface area contributed by atoms with Crippen molar-refractivity contribution in [3.8, 4) is 0 Å². The average Bonchev–Trinajstić information content (AvgIpc) is 3.77. The third kappa shape index (κ3) is 16.2. The number of likely N-dealkylation sites (tertiary alicyclic amines) is 1. The molecule has 1 aromatic heterocycles. The van der Waals surface area contributed by atoms with E-state index < -0.39 is 53.8 Å². The van der Waals surface area contributed by atoms with Crippen molar-refractivity contribution in [3.05, 3.63) is 18.2 Å². The molecule has 2 fully saturated rings. The molecule has 3 rings (SSSR count). The number of urea groups is 1. The second-order valence-electron chi connectivity index (χ2n) is 13.5. The van der Waals surface area contributed by atoms with E-state index in [4.69, 9.17) is 15.6 Å². The van der Waals surface area contributed by atoms with Gasteiger partial charge < -0.3 is 31.4 Å². The van der Waals surface area contributed by atoms with Gasteiger partial charge in [-0.25, -0.2) is 9.78 Å². The Labute approximate surface area is 297 Å². The molecule has 2 aliphatic rings. The molecule has 14 nitrogen and oxygen atoms in total. The van der Waals surface area contributed by atoms with Gasteiger partial charge in [-0.3, -0.25) is 28.9 Å². The first-order valence-electron chi connectivity index (χ1n) is 18.7. The number of aliphatic carboxylic acids is 1. The highest BCUT2D eigenvalue weighted by Crippen LogP contribution is 2.20. The van der Waals surface area contributed by atoms with Gasteiger partial charge in [-0.05, 0) is 19.3 Å². The zero-order valence-corrected chi connectivity index (χ0v) is 30.3. The van der Waals surface area contributed by atoms with Gasteiger partial charge in [0, 0.05) is 38.3 Å². The Bertz CT molecular complexity index is 1170. The minimum absolute atomic E-state index is 0.104. The molecule has 50 heavy (non-hydrogen) atoms. The molecule has 0 saturated carbocycles. The van der Waals surface area contributed by atoms with Crippen LogP contribution in [0.15, 0.2) is 12.5 Å². The molecule has 0 unspecified atom stereocenters. The first-order chi connectivity index (χ1) is 24.0. The van der Waals surface area contributed by atoms with Crippen molar-refractivity contribution in [2.45, 2.75) is 160 Å². The number of imide groups is 1. The molecule has 3 heterocycles. The van der Waals surface area contributed by atoms with E-state index in [1.54, 1.807) is 6.20 Å². The lowest BCUT2D eigenvalue weighted by atomic mass is 10.0. The second kappa shape index (κ2) is 24.2. The lowest BCUT2D eigenvalue weighted by Gasteiger charge is -2.32. The number of aromatic nitrogens is 2. The summed E-state index contributed by atoms with van der Waals surface area (Å²) in [5.41, 5.74) is 6.12. The molecule has 0 bridgehead atoms. The van der Waals surface area contributed by atoms with Crippen molar-refractivity contribution in [3.63, 3.8) is 0 Å². The molecule has 0 aromatic carbocycles. The van der Waals surface area contributed by atoms with Crippen molar-refractivity contribution in [1.29, 1.82) is 0 Å². The van der Waals surface area contributed by atoms with Crippen LogP contribution in [0.5, 0.6) is 0 Å². The van der Waals surface area contributed by atoms with Crippen LogP contribution in [-0.2, 0) is 30.4 Å². The van der Waals surface area contributed by atoms with Crippen LogP contribution < -0.4 is 16.4 Å². The first-order valence-corrected chi connectivity index (χ1v) is 18.7. The van der Waals surface area contributed by atoms with Gasteiger partial charge in [-0.15, -0.1) is 0 Å². The van der Waals surface area contributed by atoms with Gasteiger partial charge in [-0.1, -0.05) is 103 Å². The highest BCUT2D eigenvalue weighted by molar-refractivity contribution is 6.03.